The van der Waals surface area contributed by atoms with Crippen LogP contribution in [-0.2, 0) is 0 Å². The Morgan fingerprint density at radius 3 is 3.36 bits per heavy atom. The summed E-state index contributed by atoms with van der Waals surface area (Å²) < 4.78 is 0. The highest BCUT2D eigenvalue weighted by Crippen LogP contribution is 2.20. The summed E-state index contributed by atoms with van der Waals surface area (Å²) in [6.45, 7) is 3.47. The molecule has 2 aliphatic heterocycles. The van der Waals surface area contributed by atoms with Crippen molar-refractivity contribution in [2.45, 2.75) is 12.5 Å². The molecule has 1 atom stereocenters. The highest BCUT2D eigenvalue weighted by molar-refractivity contribution is 5.17. The monoisotopic (exact) mass is 154 g/mol. The Kier molecular flexibility index (Phi) is 1.84. The van der Waals surface area contributed by atoms with E-state index in [-0.39, 0.29) is 12.6 Å². The van der Waals surface area contributed by atoms with Gasteiger partial charge in [0.25, 0.3) is 0 Å². The van der Waals surface area contributed by atoms with Crippen LogP contribution < -0.4 is 5.32 Å². The Morgan fingerprint density at radius 2 is 2.55 bits per heavy atom. The van der Waals surface area contributed by atoms with Gasteiger partial charge in [0.2, 0.25) is 0 Å². The number of fused-ring (bicyclic) bond motifs is 1. The van der Waals surface area contributed by atoms with E-state index in [0.29, 0.717) is 0 Å². The third kappa shape index (κ3) is 1.14. The Hall–Kier alpha value is -0.540. The van der Waals surface area contributed by atoms with Crippen LogP contribution in [0.3, 0.4) is 0 Å². The molecule has 2 N–H and O–H groups in total. The van der Waals surface area contributed by atoms with Crippen LogP contribution in [0.25, 0.3) is 0 Å². The van der Waals surface area contributed by atoms with Crippen molar-refractivity contribution in [2.24, 2.45) is 0 Å². The average molecular weight is 154 g/mol. The van der Waals surface area contributed by atoms with Crippen molar-refractivity contribution in [3.05, 3.63) is 11.8 Å². The molecule has 62 valence electrons. The largest absolute Gasteiger partial charge is 0.394 e. The first-order chi connectivity index (χ1) is 5.42. The van der Waals surface area contributed by atoms with Gasteiger partial charge in [-0.3, -0.25) is 0 Å². The van der Waals surface area contributed by atoms with E-state index in [1.54, 1.807) is 0 Å². The second-order valence-corrected chi connectivity index (χ2v) is 3.09. The maximum Gasteiger partial charge on any atom is 0.0703 e. The molecule has 0 saturated carbocycles. The van der Waals surface area contributed by atoms with Gasteiger partial charge in [0.05, 0.1) is 12.6 Å². The van der Waals surface area contributed by atoms with Crippen LogP contribution in [0.4, 0.5) is 0 Å². The molecule has 0 spiro atoms. The molecule has 11 heavy (non-hydrogen) atoms. The van der Waals surface area contributed by atoms with Gasteiger partial charge in [-0.2, -0.15) is 0 Å². The fourth-order valence-electron chi connectivity index (χ4n) is 1.87. The minimum atomic E-state index is 0.200. The van der Waals surface area contributed by atoms with Crippen LogP contribution in [0.15, 0.2) is 11.8 Å². The van der Waals surface area contributed by atoms with Gasteiger partial charge in [0.15, 0.2) is 0 Å². The first-order valence-electron chi connectivity index (χ1n) is 4.21. The van der Waals surface area contributed by atoms with Crippen LogP contribution in [0.1, 0.15) is 6.42 Å². The summed E-state index contributed by atoms with van der Waals surface area (Å²) in [5.74, 6) is 0. The van der Waals surface area contributed by atoms with Gasteiger partial charge in [-0.05, 0) is 6.42 Å². The molecule has 0 aliphatic carbocycles. The average Bonchev–Trinajstić information content (AvgIpc) is 2.50. The van der Waals surface area contributed by atoms with E-state index in [4.69, 9.17) is 5.11 Å². The second-order valence-electron chi connectivity index (χ2n) is 3.09. The molecule has 0 bridgehead atoms. The van der Waals surface area contributed by atoms with Crippen molar-refractivity contribution in [3.63, 3.8) is 0 Å². The normalized spacial score (nSPS) is 30.1. The van der Waals surface area contributed by atoms with Crippen molar-refractivity contribution >= 4 is 0 Å². The molecule has 2 rings (SSSR count). The first-order valence-corrected chi connectivity index (χ1v) is 4.21. The van der Waals surface area contributed by atoms with E-state index >= 15 is 0 Å². The first kappa shape index (κ1) is 7.13. The lowest BCUT2D eigenvalue weighted by atomic mass is 10.1. The molecular formula is C8H14N2O. The number of aliphatic hydroxyl groups excluding tert-OH is 1. The third-order valence-electron chi connectivity index (χ3n) is 2.43. The molecule has 0 radical (unpaired) electrons. The fraction of sp³-hybridized carbons (Fsp3) is 0.750. The standard InChI is InChI=1S/C8H14N2O/c11-6-7-8-2-1-4-10(8)5-3-9-7/h2,7,9,11H,1,3-6H2. The number of piperazine rings is 1. The van der Waals surface area contributed by atoms with Crippen LogP contribution in [0.5, 0.6) is 0 Å². The Balaban J connectivity index is 2.11. The van der Waals surface area contributed by atoms with Gasteiger partial charge in [0.1, 0.15) is 0 Å². The zero-order valence-corrected chi connectivity index (χ0v) is 6.58. The van der Waals surface area contributed by atoms with Gasteiger partial charge >= 0.3 is 0 Å². The van der Waals surface area contributed by atoms with Gasteiger partial charge < -0.3 is 15.3 Å². The zero-order chi connectivity index (χ0) is 7.68. The number of nitrogens with one attached hydrogen (secondary N) is 1. The lowest BCUT2D eigenvalue weighted by Crippen LogP contribution is -2.48. The molecule has 3 heteroatoms. The number of aliphatic hydroxyl groups is 1. The summed E-state index contributed by atoms with van der Waals surface area (Å²) >= 11 is 0. The lowest BCUT2D eigenvalue weighted by Gasteiger charge is -2.33. The van der Waals surface area contributed by atoms with Gasteiger partial charge in [-0.15, -0.1) is 0 Å². The SMILES string of the molecule is OCC1NCCN2CCC=C12. The van der Waals surface area contributed by atoms with Crippen molar-refractivity contribution < 1.29 is 5.11 Å². The minimum absolute atomic E-state index is 0.200. The van der Waals surface area contributed by atoms with E-state index in [2.05, 4.69) is 16.3 Å². The molecule has 0 aromatic carbocycles. The number of rotatable bonds is 1. The van der Waals surface area contributed by atoms with Gasteiger partial charge in [-0.25, -0.2) is 0 Å². The molecule has 2 aliphatic rings. The Labute approximate surface area is 66.7 Å². The molecule has 1 fully saturated rings. The summed E-state index contributed by atoms with van der Waals surface area (Å²) in [6.07, 6.45) is 3.38. The van der Waals surface area contributed by atoms with E-state index in [0.717, 1.165) is 26.1 Å². The molecule has 1 unspecified atom stereocenters. The van der Waals surface area contributed by atoms with Crippen molar-refractivity contribution in [3.8, 4) is 0 Å². The smallest absolute Gasteiger partial charge is 0.0703 e. The highest BCUT2D eigenvalue weighted by Gasteiger charge is 2.25. The van der Waals surface area contributed by atoms with Crippen LogP contribution >= 0.6 is 0 Å². The van der Waals surface area contributed by atoms with Crippen molar-refractivity contribution in [1.29, 1.82) is 0 Å². The summed E-state index contributed by atoms with van der Waals surface area (Å²) in [4.78, 5) is 2.36. The van der Waals surface area contributed by atoms with E-state index in [1.807, 2.05) is 0 Å². The molecular weight excluding hydrogens is 140 g/mol. The number of hydrogen-bond acceptors (Lipinski definition) is 3. The molecule has 1 saturated heterocycles. The number of hydrogen-bond donors (Lipinski definition) is 2. The quantitative estimate of drug-likeness (QED) is 0.536. The fourth-order valence-corrected chi connectivity index (χ4v) is 1.87. The third-order valence-corrected chi connectivity index (χ3v) is 2.43. The summed E-state index contributed by atoms with van der Waals surface area (Å²) in [6, 6.07) is 0.200. The molecule has 3 nitrogen and oxygen atoms in total. The maximum absolute atomic E-state index is 9.01. The van der Waals surface area contributed by atoms with Gasteiger partial charge in [0, 0.05) is 25.3 Å². The van der Waals surface area contributed by atoms with E-state index in [9.17, 15) is 0 Å². The lowest BCUT2D eigenvalue weighted by molar-refractivity contribution is 0.204. The summed E-state index contributed by atoms with van der Waals surface area (Å²) in [5.41, 5.74) is 1.30. The summed E-state index contributed by atoms with van der Waals surface area (Å²) in [7, 11) is 0. The van der Waals surface area contributed by atoms with E-state index < -0.39 is 0 Å². The topological polar surface area (TPSA) is 35.5 Å². The predicted octanol–water partition coefficient (Wildman–Crippen LogP) is -0.460. The van der Waals surface area contributed by atoms with Crippen LogP contribution in [-0.4, -0.2) is 42.3 Å². The molecule has 2 heterocycles. The second kappa shape index (κ2) is 2.83. The van der Waals surface area contributed by atoms with Crippen molar-refractivity contribution in [1.82, 2.24) is 10.2 Å². The van der Waals surface area contributed by atoms with Crippen molar-refractivity contribution in [2.75, 3.05) is 26.2 Å². The summed E-state index contributed by atoms with van der Waals surface area (Å²) in [5, 5.41) is 12.3. The zero-order valence-electron chi connectivity index (χ0n) is 6.58. The molecule has 0 amide bonds. The van der Waals surface area contributed by atoms with Crippen LogP contribution in [0.2, 0.25) is 0 Å². The highest BCUT2D eigenvalue weighted by atomic mass is 16.3. The predicted molar refractivity (Wildman–Crippen MR) is 43.1 cm³/mol. The Bertz CT molecular complexity index is 179. The molecule has 0 aromatic heterocycles. The Morgan fingerprint density at radius 1 is 1.64 bits per heavy atom. The van der Waals surface area contributed by atoms with Crippen LogP contribution in [0, 0.1) is 0 Å². The minimum Gasteiger partial charge on any atom is -0.394 e. The maximum atomic E-state index is 9.01. The van der Waals surface area contributed by atoms with E-state index in [1.165, 1.54) is 5.70 Å². The van der Waals surface area contributed by atoms with Gasteiger partial charge in [-0.1, -0.05) is 6.08 Å². The number of nitrogens with zero attached hydrogens (tertiary/aromatic N) is 1. The molecule has 0 aromatic rings.